The summed E-state index contributed by atoms with van der Waals surface area (Å²) in [5.74, 6) is -0.330. The van der Waals surface area contributed by atoms with Gasteiger partial charge in [-0.15, -0.1) is 0 Å². The highest BCUT2D eigenvalue weighted by molar-refractivity contribution is 5.95. The van der Waals surface area contributed by atoms with E-state index in [-0.39, 0.29) is 11.8 Å². The predicted octanol–water partition coefficient (Wildman–Crippen LogP) is 3.43. The fraction of sp³-hybridized carbons (Fsp3) is 0.300. The van der Waals surface area contributed by atoms with E-state index in [0.29, 0.717) is 12.2 Å². The smallest absolute Gasteiger partial charge is 0.333 e. The summed E-state index contributed by atoms with van der Waals surface area (Å²) in [5.41, 5.74) is 9.72. The van der Waals surface area contributed by atoms with Gasteiger partial charge in [0.1, 0.15) is 5.84 Å². The highest BCUT2D eigenvalue weighted by Crippen LogP contribution is 2.25. The number of hydrogen-bond acceptors (Lipinski definition) is 5. The standard InChI is InChI=1S/C20H26N4O2/c1-4-23-17-11-13(3)10-15(12-17)18(20(25)26-5-2)24-16-8-6-14(7-9-16)19(21)22/h6-12,18,23-24H,4-5H2,1-3H3,(H3,21,22). The molecule has 0 aromatic heterocycles. The Morgan fingerprint density at radius 3 is 2.42 bits per heavy atom. The molecule has 0 radical (unpaired) electrons. The number of nitrogens with two attached hydrogens (primary N) is 1. The number of nitrogens with one attached hydrogen (secondary N) is 3. The lowest BCUT2D eigenvalue weighted by molar-refractivity contribution is -0.144. The molecule has 2 aromatic carbocycles. The van der Waals surface area contributed by atoms with Gasteiger partial charge in [0.05, 0.1) is 6.61 Å². The van der Waals surface area contributed by atoms with Crippen LogP contribution in [0.15, 0.2) is 42.5 Å². The van der Waals surface area contributed by atoms with Crippen LogP contribution in [0.1, 0.15) is 36.6 Å². The molecule has 5 N–H and O–H groups in total. The fourth-order valence-corrected chi connectivity index (χ4v) is 2.70. The molecule has 2 rings (SSSR count). The van der Waals surface area contributed by atoms with E-state index in [9.17, 15) is 4.79 Å². The molecule has 0 fully saturated rings. The number of hydrogen-bond donors (Lipinski definition) is 4. The summed E-state index contributed by atoms with van der Waals surface area (Å²) in [4.78, 5) is 12.5. The monoisotopic (exact) mass is 354 g/mol. The first-order valence-corrected chi connectivity index (χ1v) is 8.67. The Hall–Kier alpha value is -3.02. The largest absolute Gasteiger partial charge is 0.464 e. The van der Waals surface area contributed by atoms with E-state index >= 15 is 0 Å². The zero-order valence-electron chi connectivity index (χ0n) is 15.4. The van der Waals surface area contributed by atoms with Crippen molar-refractivity contribution in [3.63, 3.8) is 0 Å². The third-order valence-electron chi connectivity index (χ3n) is 3.84. The summed E-state index contributed by atoms with van der Waals surface area (Å²) in [6.07, 6.45) is 0. The van der Waals surface area contributed by atoms with E-state index in [2.05, 4.69) is 10.6 Å². The van der Waals surface area contributed by atoms with Crippen molar-refractivity contribution in [1.29, 1.82) is 5.41 Å². The fourth-order valence-electron chi connectivity index (χ4n) is 2.70. The van der Waals surface area contributed by atoms with Crippen LogP contribution in [0, 0.1) is 12.3 Å². The third-order valence-corrected chi connectivity index (χ3v) is 3.84. The lowest BCUT2D eigenvalue weighted by Crippen LogP contribution is -2.24. The van der Waals surface area contributed by atoms with E-state index in [1.54, 1.807) is 31.2 Å². The van der Waals surface area contributed by atoms with Crippen LogP contribution >= 0.6 is 0 Å². The molecule has 0 aliphatic carbocycles. The molecule has 0 heterocycles. The van der Waals surface area contributed by atoms with Crippen molar-refractivity contribution in [1.82, 2.24) is 0 Å². The Bertz CT molecular complexity index is 772. The highest BCUT2D eigenvalue weighted by Gasteiger charge is 2.22. The van der Waals surface area contributed by atoms with Gasteiger partial charge in [-0.05, 0) is 68.3 Å². The number of benzene rings is 2. The van der Waals surface area contributed by atoms with Gasteiger partial charge in [-0.25, -0.2) is 4.79 Å². The second-order valence-electron chi connectivity index (χ2n) is 5.98. The van der Waals surface area contributed by atoms with E-state index in [4.69, 9.17) is 15.9 Å². The van der Waals surface area contributed by atoms with Gasteiger partial charge >= 0.3 is 5.97 Å². The van der Waals surface area contributed by atoms with Gasteiger partial charge in [0.25, 0.3) is 0 Å². The van der Waals surface area contributed by atoms with E-state index in [1.807, 2.05) is 32.0 Å². The van der Waals surface area contributed by atoms with Crippen molar-refractivity contribution in [3.05, 3.63) is 59.2 Å². The number of carbonyl (C=O) groups excluding carboxylic acids is 1. The summed E-state index contributed by atoms with van der Waals surface area (Å²) in [6.45, 7) is 6.92. The number of nitrogen functional groups attached to an aromatic ring is 1. The minimum absolute atomic E-state index is 0.00691. The Morgan fingerprint density at radius 1 is 1.15 bits per heavy atom. The summed E-state index contributed by atoms with van der Waals surface area (Å²) < 4.78 is 5.26. The van der Waals surface area contributed by atoms with Gasteiger partial charge in [0.15, 0.2) is 6.04 Å². The maximum atomic E-state index is 12.5. The molecular weight excluding hydrogens is 328 g/mol. The van der Waals surface area contributed by atoms with Crippen molar-refractivity contribution < 1.29 is 9.53 Å². The molecule has 26 heavy (non-hydrogen) atoms. The molecule has 138 valence electrons. The van der Waals surface area contributed by atoms with Crippen molar-refractivity contribution in [2.45, 2.75) is 26.8 Å². The normalized spacial score (nSPS) is 11.5. The Morgan fingerprint density at radius 2 is 1.85 bits per heavy atom. The second kappa shape index (κ2) is 8.89. The molecule has 0 aliphatic rings. The molecule has 1 atom stereocenters. The zero-order valence-corrected chi connectivity index (χ0v) is 15.4. The maximum absolute atomic E-state index is 12.5. The van der Waals surface area contributed by atoms with E-state index in [0.717, 1.165) is 29.0 Å². The average molecular weight is 354 g/mol. The molecule has 6 nitrogen and oxygen atoms in total. The van der Waals surface area contributed by atoms with Crippen LogP contribution in [0.4, 0.5) is 11.4 Å². The van der Waals surface area contributed by atoms with Crippen LogP contribution in [0.2, 0.25) is 0 Å². The van der Waals surface area contributed by atoms with Crippen LogP contribution in [0.3, 0.4) is 0 Å². The first-order chi connectivity index (χ1) is 12.4. The molecule has 0 amide bonds. The molecule has 0 aliphatic heterocycles. The van der Waals surface area contributed by atoms with Gasteiger partial charge in [-0.2, -0.15) is 0 Å². The van der Waals surface area contributed by atoms with Gasteiger partial charge in [0.2, 0.25) is 0 Å². The zero-order chi connectivity index (χ0) is 19.1. The Labute approximate surface area is 154 Å². The van der Waals surface area contributed by atoms with Crippen LogP contribution < -0.4 is 16.4 Å². The number of rotatable bonds is 8. The van der Waals surface area contributed by atoms with Crippen molar-refractivity contribution >= 4 is 23.2 Å². The summed E-state index contributed by atoms with van der Waals surface area (Å²) in [6, 6.07) is 12.4. The Kier molecular flexibility index (Phi) is 6.60. The molecular formula is C20H26N4O2. The third kappa shape index (κ3) is 4.99. The number of anilines is 2. The summed E-state index contributed by atoms with van der Waals surface area (Å²) in [7, 11) is 0. The number of aryl methyl sites for hydroxylation is 1. The molecule has 1 unspecified atom stereocenters. The second-order valence-corrected chi connectivity index (χ2v) is 5.98. The minimum Gasteiger partial charge on any atom is -0.464 e. The molecule has 2 aromatic rings. The van der Waals surface area contributed by atoms with Crippen LogP contribution in [-0.4, -0.2) is 25.0 Å². The number of carbonyl (C=O) groups is 1. The molecule has 0 bridgehead atoms. The predicted molar refractivity (Wildman–Crippen MR) is 106 cm³/mol. The van der Waals surface area contributed by atoms with Gasteiger partial charge < -0.3 is 21.1 Å². The van der Waals surface area contributed by atoms with E-state index < -0.39 is 6.04 Å². The van der Waals surface area contributed by atoms with Crippen LogP contribution in [0.5, 0.6) is 0 Å². The number of esters is 1. The van der Waals surface area contributed by atoms with E-state index in [1.165, 1.54) is 0 Å². The molecule has 0 saturated carbocycles. The quantitative estimate of drug-likeness (QED) is 0.331. The average Bonchev–Trinajstić information content (AvgIpc) is 2.60. The van der Waals surface area contributed by atoms with Crippen molar-refractivity contribution in [2.24, 2.45) is 5.73 Å². The first-order valence-electron chi connectivity index (χ1n) is 8.67. The lowest BCUT2D eigenvalue weighted by atomic mass is 10.0. The van der Waals surface area contributed by atoms with Gasteiger partial charge in [0, 0.05) is 23.5 Å². The summed E-state index contributed by atoms with van der Waals surface area (Å²) >= 11 is 0. The van der Waals surface area contributed by atoms with Crippen LogP contribution in [0.25, 0.3) is 0 Å². The van der Waals surface area contributed by atoms with Crippen molar-refractivity contribution in [2.75, 3.05) is 23.8 Å². The lowest BCUT2D eigenvalue weighted by Gasteiger charge is -2.20. The highest BCUT2D eigenvalue weighted by atomic mass is 16.5. The van der Waals surface area contributed by atoms with Gasteiger partial charge in [-0.3, -0.25) is 5.41 Å². The summed E-state index contributed by atoms with van der Waals surface area (Å²) in [5, 5.41) is 14.0. The number of amidine groups is 1. The van der Waals surface area contributed by atoms with Crippen molar-refractivity contribution in [3.8, 4) is 0 Å². The van der Waals surface area contributed by atoms with Crippen LogP contribution in [-0.2, 0) is 9.53 Å². The maximum Gasteiger partial charge on any atom is 0.333 e. The van der Waals surface area contributed by atoms with Gasteiger partial charge in [-0.1, -0.05) is 6.07 Å². The molecule has 6 heteroatoms. The first kappa shape index (κ1) is 19.3. The number of ether oxygens (including phenoxy) is 1. The Balaban J connectivity index is 2.34. The SMILES string of the molecule is CCNc1cc(C)cc(C(Nc2ccc(C(=N)N)cc2)C(=O)OCC)c1. The minimum atomic E-state index is -0.629. The molecule has 0 saturated heterocycles. The topological polar surface area (TPSA) is 100 Å². The molecule has 0 spiro atoms.